The quantitative estimate of drug-likeness (QED) is 0.0740. The van der Waals surface area contributed by atoms with Crippen molar-refractivity contribution in [2.45, 2.75) is 160 Å². The van der Waals surface area contributed by atoms with E-state index < -0.39 is 5.97 Å². The maximum Gasteiger partial charge on any atom is 2.00 e. The summed E-state index contributed by atoms with van der Waals surface area (Å²) in [6, 6.07) is 0. The standard InChI is InChI=1S/C55H78N4O6.Mg/c1-13-39-34(7)41-29-46-48(38(11)60)36(9)43(57-46)27-42-35(8)40(52(58-42)50-51(55(63)64-12)54(62)49-37(10)44(59-53(49)50)28-45(39)56-41)23-24-47(61)65-26-25-33(6)22-16-21-32(5)20-15-19-31(4)18-14-17-30(2)3;/h27-35,39-40H,13-26H2,1-12H3,(H3-2,56,57,58,59,60,62,63);/q-2;+2/p-2/b42-27-,45-28-;. The largest absolute Gasteiger partial charge is 2.00 e. The number of hydrogen-bond donors (Lipinski definition) is 1. The van der Waals surface area contributed by atoms with Crippen LogP contribution in [0.5, 0.6) is 0 Å². The summed E-state index contributed by atoms with van der Waals surface area (Å²) in [4.78, 5) is 50.4. The van der Waals surface area contributed by atoms with Gasteiger partial charge in [-0.05, 0) is 86.5 Å². The van der Waals surface area contributed by atoms with Gasteiger partial charge in [0.05, 0.1) is 13.7 Å². The second-order valence-corrected chi connectivity index (χ2v) is 20.4. The van der Waals surface area contributed by atoms with Crippen LogP contribution in [0.1, 0.15) is 196 Å². The monoisotopic (exact) mass is 913 g/mol. The van der Waals surface area contributed by atoms with Gasteiger partial charge < -0.3 is 35.2 Å². The van der Waals surface area contributed by atoms with E-state index in [1.165, 1.54) is 58.5 Å². The van der Waals surface area contributed by atoms with Crippen LogP contribution in [0.2, 0.25) is 0 Å². The molecule has 3 aliphatic heterocycles. The van der Waals surface area contributed by atoms with Crippen molar-refractivity contribution in [1.82, 2.24) is 9.97 Å². The molecule has 5 heterocycles. The van der Waals surface area contributed by atoms with Crippen molar-refractivity contribution in [2.24, 2.45) is 47.3 Å². The van der Waals surface area contributed by atoms with Crippen LogP contribution in [0.4, 0.5) is 0 Å². The number of carbonyl (C=O) groups is 3. The van der Waals surface area contributed by atoms with Crippen LogP contribution in [0.15, 0.2) is 28.4 Å². The second-order valence-electron chi connectivity index (χ2n) is 20.4. The molecule has 0 saturated carbocycles. The number of methoxy groups -OCH3 is 1. The van der Waals surface area contributed by atoms with Crippen LogP contribution >= 0.6 is 0 Å². The summed E-state index contributed by atoms with van der Waals surface area (Å²) in [5, 5.41) is 22.2. The van der Waals surface area contributed by atoms with Crippen LogP contribution in [0.25, 0.3) is 40.2 Å². The number of esters is 2. The van der Waals surface area contributed by atoms with Crippen LogP contribution in [-0.4, -0.2) is 59.6 Å². The zero-order valence-corrected chi connectivity index (χ0v) is 43.6. The number of aromatic nitrogens is 2. The summed E-state index contributed by atoms with van der Waals surface area (Å²) < 4.78 is 11.1. The zero-order valence-electron chi connectivity index (χ0n) is 42.2. The first kappa shape index (κ1) is 53.0. The summed E-state index contributed by atoms with van der Waals surface area (Å²) >= 11 is 0. The fourth-order valence-corrected chi connectivity index (χ4v) is 10.7. The Kier molecular flexibility index (Phi) is 18.8. The van der Waals surface area contributed by atoms with Gasteiger partial charge in [0, 0.05) is 17.5 Å². The number of nitrogens with zero attached hydrogens (tertiary/aromatic N) is 4. The van der Waals surface area contributed by atoms with E-state index in [1.807, 2.05) is 32.1 Å². The molecule has 7 unspecified atom stereocenters. The minimum Gasteiger partial charge on any atom is -0.664 e. The molecule has 0 aromatic carbocycles. The average molecular weight is 914 g/mol. The molecule has 8 bridgehead atoms. The predicted octanol–water partition coefficient (Wildman–Crippen LogP) is 13.4. The van der Waals surface area contributed by atoms with E-state index in [9.17, 15) is 19.5 Å². The number of fused-ring (bicyclic) bond motifs is 7. The molecule has 2 saturated heterocycles. The van der Waals surface area contributed by atoms with Gasteiger partial charge in [-0.25, -0.2) is 4.79 Å². The molecular formula is C55H76MgN4O6-2. The summed E-state index contributed by atoms with van der Waals surface area (Å²) in [5.74, 6) is 1.16. The number of ether oxygens (including phenoxy) is 2. The van der Waals surface area contributed by atoms with E-state index in [0.29, 0.717) is 69.8 Å². The summed E-state index contributed by atoms with van der Waals surface area (Å²) in [6.45, 7) is 23.7. The van der Waals surface area contributed by atoms with Crippen LogP contribution in [-0.2, 0) is 19.1 Å². The Bertz CT molecular complexity index is 2250. The predicted molar refractivity (Wildman–Crippen MR) is 268 cm³/mol. The number of aliphatic hydroxyl groups excluding tert-OH is 1. The molecule has 0 amide bonds. The molecule has 2 fully saturated rings. The van der Waals surface area contributed by atoms with Crippen molar-refractivity contribution >= 4 is 70.3 Å². The summed E-state index contributed by atoms with van der Waals surface area (Å²) in [7, 11) is 1.29. The number of Topliss-reactive ketones (excluding diaryl/α,β-unsaturated/α-hetero) is 1. The van der Waals surface area contributed by atoms with E-state index in [2.05, 4.69) is 55.4 Å². The maximum absolute atomic E-state index is 13.6. The first-order valence-corrected chi connectivity index (χ1v) is 24.8. The smallest absolute Gasteiger partial charge is 0.664 e. The van der Waals surface area contributed by atoms with Crippen molar-refractivity contribution in [3.05, 3.63) is 84.0 Å². The maximum atomic E-state index is 13.6. The molecule has 1 aliphatic carbocycles. The second kappa shape index (κ2) is 23.4. The van der Waals surface area contributed by atoms with Gasteiger partial charge in [-0.1, -0.05) is 149 Å². The minimum atomic E-state index is -0.694. The van der Waals surface area contributed by atoms with Crippen molar-refractivity contribution in [3.8, 4) is 0 Å². The van der Waals surface area contributed by atoms with Gasteiger partial charge in [-0.3, -0.25) is 9.59 Å². The average Bonchev–Trinajstić information content (AvgIpc) is 4.00. The molecule has 2 aromatic rings. The van der Waals surface area contributed by atoms with Gasteiger partial charge in [0.25, 0.3) is 0 Å². The number of allylic oxidation sites excluding steroid dienone is 4. The third-order valence-electron chi connectivity index (χ3n) is 14.9. The van der Waals surface area contributed by atoms with Crippen LogP contribution in [0, 0.1) is 61.2 Å². The minimum absolute atomic E-state index is 0. The number of carbonyl (C=O) groups excluding carboxylic acids is 3. The van der Waals surface area contributed by atoms with Crippen molar-refractivity contribution in [1.29, 1.82) is 0 Å². The Morgan fingerprint density at radius 1 is 0.727 bits per heavy atom. The topological polar surface area (TPSA) is 146 Å². The van der Waals surface area contributed by atoms with Gasteiger partial charge in [-0.15, -0.1) is 28.5 Å². The van der Waals surface area contributed by atoms with E-state index >= 15 is 0 Å². The molecule has 6 rings (SSSR count). The van der Waals surface area contributed by atoms with Crippen molar-refractivity contribution in [3.63, 3.8) is 0 Å². The number of hydrogen-bond acceptors (Lipinski definition) is 6. The number of rotatable bonds is 21. The van der Waals surface area contributed by atoms with Crippen LogP contribution in [0.3, 0.4) is 0 Å². The molecule has 10 nitrogen and oxygen atoms in total. The molecule has 2 aromatic heterocycles. The van der Waals surface area contributed by atoms with E-state index in [0.717, 1.165) is 59.5 Å². The summed E-state index contributed by atoms with van der Waals surface area (Å²) in [6.07, 6.45) is 19.6. The normalized spacial score (nSPS) is 24.6. The SMILES string of the molecule is CCC1/C2=C/c3[n-]c4c(c3C)C(O)=C(C(=O)OC)/C4=C3/[N-]/C(=C\c4[n-]c(c(C(C)=O)c4C)/C=C(\[N-]2)C1C)C(C)C3CCC(=O)OCCC(C)CCCC(C)CCCC(C)CCCC(C)C.[Mg+2]. The first-order valence-electron chi connectivity index (χ1n) is 24.8. The van der Waals surface area contributed by atoms with Gasteiger partial charge in [0.1, 0.15) is 11.3 Å². The Balaban J connectivity index is 0.00000817. The van der Waals surface area contributed by atoms with E-state index in [1.54, 1.807) is 6.92 Å². The third-order valence-corrected chi connectivity index (χ3v) is 14.9. The molecule has 4 aliphatic rings. The fraction of sp³-hybridized carbons (Fsp3) is 0.618. The van der Waals surface area contributed by atoms with E-state index in [4.69, 9.17) is 30.1 Å². The molecular weight excluding hydrogens is 837 g/mol. The van der Waals surface area contributed by atoms with E-state index in [-0.39, 0.29) is 76.2 Å². The first-order chi connectivity index (χ1) is 30.9. The van der Waals surface area contributed by atoms with Crippen LogP contribution < -0.4 is 9.97 Å². The molecule has 1 N–H and O–H groups in total. The van der Waals surface area contributed by atoms with Gasteiger partial charge in [0.15, 0.2) is 5.78 Å². The summed E-state index contributed by atoms with van der Waals surface area (Å²) in [5.41, 5.74) is 8.18. The van der Waals surface area contributed by atoms with Gasteiger partial charge >= 0.3 is 35.0 Å². The molecule has 66 heavy (non-hydrogen) atoms. The Labute approximate surface area is 411 Å². The zero-order chi connectivity index (χ0) is 47.3. The molecule has 7 atom stereocenters. The van der Waals surface area contributed by atoms with Gasteiger partial charge in [-0.2, -0.15) is 17.1 Å². The Morgan fingerprint density at radius 2 is 1.27 bits per heavy atom. The number of ketones is 1. The Hall–Kier alpha value is -3.96. The third kappa shape index (κ3) is 11.8. The molecule has 11 heteroatoms. The fourth-order valence-electron chi connectivity index (χ4n) is 10.7. The van der Waals surface area contributed by atoms with Crippen molar-refractivity contribution in [2.75, 3.05) is 13.7 Å². The molecule has 0 spiro atoms. The number of aliphatic hydroxyl groups is 1. The van der Waals surface area contributed by atoms with Crippen molar-refractivity contribution < 1.29 is 29.0 Å². The molecule has 356 valence electrons. The van der Waals surface area contributed by atoms with Gasteiger partial charge in [0.2, 0.25) is 0 Å². The Morgan fingerprint density at radius 3 is 1.86 bits per heavy atom. The molecule has 0 radical (unpaired) electrons.